The third-order valence-corrected chi connectivity index (χ3v) is 10.7. The molecule has 0 aromatic carbocycles. The van der Waals surface area contributed by atoms with E-state index in [1.54, 1.807) is 0 Å². The molecule has 4 saturated carbocycles. The molecule has 0 aliphatic heterocycles. The van der Waals surface area contributed by atoms with E-state index < -0.39 is 18.3 Å². The number of aliphatic hydroxyl groups is 5. The number of hydrogen-bond donors (Lipinski definition) is 5. The average molecular weight is 451 g/mol. The van der Waals surface area contributed by atoms with Crippen molar-refractivity contribution >= 4 is 0 Å². The summed E-state index contributed by atoms with van der Waals surface area (Å²) >= 11 is 0. The third kappa shape index (κ3) is 3.80. The normalized spacial score (nSPS) is 52.8. The molecule has 5 heteroatoms. The summed E-state index contributed by atoms with van der Waals surface area (Å²) in [5.74, 6) is 1.65. The number of allylic oxidation sites excluding steroid dienone is 2. The van der Waals surface area contributed by atoms with E-state index in [0.29, 0.717) is 36.5 Å². The average Bonchev–Trinajstić information content (AvgIpc) is 3.00. The zero-order chi connectivity index (χ0) is 23.4. The minimum absolute atomic E-state index is 0.0419. The van der Waals surface area contributed by atoms with Gasteiger partial charge in [0, 0.05) is 12.5 Å². The molecule has 4 fully saturated rings. The summed E-state index contributed by atoms with van der Waals surface area (Å²) in [7, 11) is 0. The molecule has 5 N–H and O–H groups in total. The molecule has 32 heavy (non-hydrogen) atoms. The zero-order valence-electron chi connectivity index (χ0n) is 20.4. The van der Waals surface area contributed by atoms with Crippen LogP contribution in [0.25, 0.3) is 0 Å². The highest BCUT2D eigenvalue weighted by atomic mass is 16.3. The van der Waals surface area contributed by atoms with Gasteiger partial charge in [-0.05, 0) is 91.3 Å². The van der Waals surface area contributed by atoms with Crippen LogP contribution in [0.5, 0.6) is 0 Å². The molecule has 0 spiro atoms. The molecule has 13 atom stereocenters. The Morgan fingerprint density at radius 2 is 1.50 bits per heavy atom. The molecular formula is C27H46O5. The fraction of sp³-hybridized carbons (Fsp3) is 0.926. The molecule has 0 heterocycles. The summed E-state index contributed by atoms with van der Waals surface area (Å²) < 4.78 is 0. The lowest BCUT2D eigenvalue weighted by Crippen LogP contribution is -2.63. The summed E-state index contributed by atoms with van der Waals surface area (Å²) in [6.07, 6.45) is 7.71. The molecule has 5 nitrogen and oxygen atoms in total. The predicted octanol–water partition coefficient (Wildman–Crippen LogP) is 3.13. The molecule has 4 rings (SSSR count). The number of hydrogen-bond acceptors (Lipinski definition) is 5. The van der Waals surface area contributed by atoms with E-state index in [4.69, 9.17) is 0 Å². The van der Waals surface area contributed by atoms with Crippen molar-refractivity contribution in [2.75, 3.05) is 6.61 Å². The monoisotopic (exact) mass is 450 g/mol. The molecule has 4 unspecified atom stereocenters. The van der Waals surface area contributed by atoms with Gasteiger partial charge < -0.3 is 25.5 Å². The first-order chi connectivity index (χ1) is 15.0. The van der Waals surface area contributed by atoms with Gasteiger partial charge in [-0.2, -0.15) is 0 Å². The Hall–Kier alpha value is -0.460. The van der Waals surface area contributed by atoms with Gasteiger partial charge in [0.25, 0.3) is 0 Å². The Kier molecular flexibility index (Phi) is 6.90. The van der Waals surface area contributed by atoms with Crippen LogP contribution in [-0.4, -0.2) is 56.6 Å². The fourth-order valence-electron chi connectivity index (χ4n) is 9.11. The smallest absolute Gasteiger partial charge is 0.0857 e. The quantitative estimate of drug-likeness (QED) is 0.414. The second-order valence-electron chi connectivity index (χ2n) is 12.4. The van der Waals surface area contributed by atoms with Crippen LogP contribution in [0, 0.1) is 52.3 Å². The van der Waals surface area contributed by atoms with E-state index in [0.717, 1.165) is 32.1 Å². The van der Waals surface area contributed by atoms with Gasteiger partial charge >= 0.3 is 0 Å². The summed E-state index contributed by atoms with van der Waals surface area (Å²) in [5.41, 5.74) is -0.147. The predicted molar refractivity (Wildman–Crippen MR) is 125 cm³/mol. The van der Waals surface area contributed by atoms with Gasteiger partial charge in [-0.15, -0.1) is 0 Å². The van der Waals surface area contributed by atoms with E-state index >= 15 is 0 Å². The lowest BCUT2D eigenvalue weighted by atomic mass is 9.43. The van der Waals surface area contributed by atoms with Crippen molar-refractivity contribution in [2.45, 2.75) is 97.1 Å². The fourth-order valence-corrected chi connectivity index (χ4v) is 9.11. The van der Waals surface area contributed by atoms with Crippen LogP contribution in [0.2, 0.25) is 0 Å². The molecule has 0 bridgehead atoms. The SMILES string of the molecule is CC(/C=C/[C@@H](C)[C@H]1C[C@@H](O)[C@H]2[C@@H]3CC(O)C4C(O)[C@@H](O)CC[C@]4(C)[C@H]3CC[C@@]21C)CCO. The van der Waals surface area contributed by atoms with E-state index in [9.17, 15) is 25.5 Å². The lowest BCUT2D eigenvalue weighted by Gasteiger charge is -2.63. The maximum absolute atomic E-state index is 11.3. The topological polar surface area (TPSA) is 101 Å². The molecule has 0 radical (unpaired) electrons. The molecular weight excluding hydrogens is 404 g/mol. The first kappa shape index (κ1) is 24.7. The highest BCUT2D eigenvalue weighted by molar-refractivity contribution is 5.15. The van der Waals surface area contributed by atoms with Crippen LogP contribution in [0.4, 0.5) is 0 Å². The summed E-state index contributed by atoms with van der Waals surface area (Å²) in [4.78, 5) is 0. The van der Waals surface area contributed by atoms with Crippen LogP contribution in [0.1, 0.15) is 72.6 Å². The van der Waals surface area contributed by atoms with Gasteiger partial charge in [-0.3, -0.25) is 0 Å². The molecule has 0 amide bonds. The maximum atomic E-state index is 11.3. The van der Waals surface area contributed by atoms with Crippen molar-refractivity contribution in [3.05, 3.63) is 12.2 Å². The van der Waals surface area contributed by atoms with E-state index in [1.165, 1.54) is 0 Å². The summed E-state index contributed by atoms with van der Waals surface area (Å²) in [6, 6.07) is 0. The Labute approximate surface area is 193 Å². The van der Waals surface area contributed by atoms with Crippen LogP contribution in [0.15, 0.2) is 12.2 Å². The van der Waals surface area contributed by atoms with Gasteiger partial charge in [0.1, 0.15) is 0 Å². The number of aliphatic hydroxyl groups excluding tert-OH is 5. The standard InChI is InChI=1S/C27H46O5/c1-15(9-12-28)5-6-16(2)19-14-22(31)23-17-13-21(30)24-25(32)20(29)8-11-26(24,3)18(17)7-10-27(19,23)4/h5-6,15-25,28-32H,7-14H2,1-4H3/b6-5+/t15?,16-,17-,18+,19-,20+,21?,22-,23-,24?,25?,26-,27-/m1/s1. The van der Waals surface area contributed by atoms with Gasteiger partial charge in [-0.25, -0.2) is 0 Å². The van der Waals surface area contributed by atoms with Crippen LogP contribution >= 0.6 is 0 Å². The molecule has 4 aliphatic carbocycles. The minimum Gasteiger partial charge on any atom is -0.396 e. The third-order valence-electron chi connectivity index (χ3n) is 10.7. The molecule has 0 saturated heterocycles. The van der Waals surface area contributed by atoms with Crippen molar-refractivity contribution in [3.8, 4) is 0 Å². The summed E-state index contributed by atoms with van der Waals surface area (Å²) in [6.45, 7) is 9.21. The van der Waals surface area contributed by atoms with Crippen LogP contribution < -0.4 is 0 Å². The van der Waals surface area contributed by atoms with E-state index in [2.05, 4.69) is 39.8 Å². The van der Waals surface area contributed by atoms with Crippen molar-refractivity contribution in [1.82, 2.24) is 0 Å². The highest BCUT2D eigenvalue weighted by Gasteiger charge is 2.65. The van der Waals surface area contributed by atoms with Crippen molar-refractivity contribution in [1.29, 1.82) is 0 Å². The van der Waals surface area contributed by atoms with Crippen molar-refractivity contribution in [3.63, 3.8) is 0 Å². The zero-order valence-corrected chi connectivity index (χ0v) is 20.4. The maximum Gasteiger partial charge on any atom is 0.0857 e. The number of rotatable bonds is 5. The number of fused-ring (bicyclic) bond motifs is 5. The first-order valence-corrected chi connectivity index (χ1v) is 13.1. The Morgan fingerprint density at radius 3 is 2.19 bits per heavy atom. The summed E-state index contributed by atoms with van der Waals surface area (Å²) in [5, 5.41) is 52.7. The van der Waals surface area contributed by atoms with Gasteiger partial charge in [0.05, 0.1) is 24.4 Å². The van der Waals surface area contributed by atoms with E-state index in [1.807, 2.05) is 0 Å². The van der Waals surface area contributed by atoms with Crippen molar-refractivity contribution < 1.29 is 25.5 Å². The molecule has 184 valence electrons. The Morgan fingerprint density at radius 1 is 0.844 bits per heavy atom. The van der Waals surface area contributed by atoms with Crippen LogP contribution in [0.3, 0.4) is 0 Å². The second kappa shape index (κ2) is 8.96. The Bertz CT molecular complexity index is 696. The van der Waals surface area contributed by atoms with Crippen LogP contribution in [-0.2, 0) is 0 Å². The minimum atomic E-state index is -0.856. The van der Waals surface area contributed by atoms with Gasteiger partial charge in [-0.1, -0.05) is 39.8 Å². The molecule has 0 aromatic rings. The highest BCUT2D eigenvalue weighted by Crippen LogP contribution is 2.68. The first-order valence-electron chi connectivity index (χ1n) is 13.1. The largest absolute Gasteiger partial charge is 0.396 e. The van der Waals surface area contributed by atoms with Gasteiger partial charge in [0.15, 0.2) is 0 Å². The second-order valence-corrected chi connectivity index (χ2v) is 12.4. The Balaban J connectivity index is 1.58. The van der Waals surface area contributed by atoms with Crippen molar-refractivity contribution in [2.24, 2.45) is 52.3 Å². The lowest BCUT2D eigenvalue weighted by molar-refractivity contribution is -0.217. The molecule has 0 aromatic heterocycles. The molecule has 4 aliphatic rings. The van der Waals surface area contributed by atoms with E-state index in [-0.39, 0.29) is 41.3 Å². The van der Waals surface area contributed by atoms with Gasteiger partial charge in [0.2, 0.25) is 0 Å².